The van der Waals surface area contributed by atoms with Gasteiger partial charge in [-0.2, -0.15) is 0 Å². The standard InChI is InChI=1S/C32H38N4O5S/c1-32(2,3)23-16-22(25(37)19-36-18-21-10-11-24(20-8-9-20)35-29(21)31(36)33)17-26(30(23)41-14-5-7-28(38)39)40-13-4-6-27-34-12-15-42-27/h10-12,15-17,20,33H,4-9,13-14,18-19H2,1-3H3,(H,38,39). The molecule has 0 bridgehead atoms. The Labute approximate surface area is 250 Å². The number of benzene rings is 1. The van der Waals surface area contributed by atoms with Crippen molar-refractivity contribution in [3.05, 3.63) is 68.9 Å². The van der Waals surface area contributed by atoms with E-state index in [1.807, 2.05) is 38.3 Å². The van der Waals surface area contributed by atoms with Crippen LogP contribution in [0.15, 0.2) is 35.8 Å². The summed E-state index contributed by atoms with van der Waals surface area (Å²) in [6.45, 7) is 7.30. The number of hydrogen-bond donors (Lipinski definition) is 2. The number of fused-ring (bicyclic) bond motifs is 1. The van der Waals surface area contributed by atoms with Crippen LogP contribution in [0.4, 0.5) is 0 Å². The summed E-state index contributed by atoms with van der Waals surface area (Å²) in [5, 5.41) is 20.8. The Morgan fingerprint density at radius 2 is 1.93 bits per heavy atom. The molecule has 2 aromatic heterocycles. The molecule has 9 nitrogen and oxygen atoms in total. The van der Waals surface area contributed by atoms with E-state index in [1.165, 1.54) is 0 Å². The van der Waals surface area contributed by atoms with Crippen molar-refractivity contribution in [3.8, 4) is 11.5 Å². The predicted octanol–water partition coefficient (Wildman–Crippen LogP) is 5.99. The van der Waals surface area contributed by atoms with Gasteiger partial charge in [0, 0.05) is 59.3 Å². The van der Waals surface area contributed by atoms with Crippen LogP contribution < -0.4 is 9.47 Å². The number of amidine groups is 1. The number of nitrogens with one attached hydrogen (secondary N) is 1. The van der Waals surface area contributed by atoms with Gasteiger partial charge < -0.3 is 19.5 Å². The van der Waals surface area contributed by atoms with Gasteiger partial charge in [0.25, 0.3) is 0 Å². The molecule has 0 radical (unpaired) electrons. The van der Waals surface area contributed by atoms with Crippen LogP contribution in [0, 0.1) is 5.41 Å². The van der Waals surface area contributed by atoms with Gasteiger partial charge in [-0.3, -0.25) is 15.0 Å². The molecule has 3 aromatic rings. The first-order valence-electron chi connectivity index (χ1n) is 14.5. The Hall–Kier alpha value is -3.79. The third-order valence-corrected chi connectivity index (χ3v) is 8.31. The second kappa shape index (κ2) is 12.6. The van der Waals surface area contributed by atoms with E-state index in [-0.39, 0.29) is 36.6 Å². The lowest BCUT2D eigenvalue weighted by atomic mass is 9.84. The zero-order valence-corrected chi connectivity index (χ0v) is 25.3. The number of rotatable bonds is 14. The van der Waals surface area contributed by atoms with Gasteiger partial charge in [-0.1, -0.05) is 26.8 Å². The Morgan fingerprint density at radius 3 is 2.62 bits per heavy atom. The minimum absolute atomic E-state index is 0.00656. The minimum Gasteiger partial charge on any atom is -0.490 e. The number of carbonyl (C=O) groups is 2. The molecule has 222 valence electrons. The maximum Gasteiger partial charge on any atom is 0.303 e. The number of Topliss-reactive ketones (excluding diaryl/α,β-unsaturated/α-hetero) is 1. The van der Waals surface area contributed by atoms with E-state index in [2.05, 4.69) is 11.1 Å². The zero-order valence-electron chi connectivity index (χ0n) is 24.4. The van der Waals surface area contributed by atoms with E-state index in [9.17, 15) is 9.59 Å². The van der Waals surface area contributed by atoms with Crippen molar-refractivity contribution >= 4 is 28.9 Å². The highest BCUT2D eigenvalue weighted by Crippen LogP contribution is 2.41. The predicted molar refractivity (Wildman–Crippen MR) is 161 cm³/mol. The summed E-state index contributed by atoms with van der Waals surface area (Å²) < 4.78 is 12.4. The van der Waals surface area contributed by atoms with Gasteiger partial charge in [0.1, 0.15) is 11.5 Å². The summed E-state index contributed by atoms with van der Waals surface area (Å²) in [7, 11) is 0. The molecule has 0 saturated heterocycles. The molecule has 1 aliphatic carbocycles. The number of hydrogen-bond acceptors (Lipinski definition) is 8. The highest BCUT2D eigenvalue weighted by molar-refractivity contribution is 7.09. The minimum atomic E-state index is -0.872. The Kier molecular flexibility index (Phi) is 8.91. The van der Waals surface area contributed by atoms with Gasteiger partial charge in [0.05, 0.1) is 24.8 Å². The number of ether oxygens (including phenoxy) is 2. The van der Waals surface area contributed by atoms with Crippen LogP contribution in [0.5, 0.6) is 11.5 Å². The molecule has 3 heterocycles. The second-order valence-corrected chi connectivity index (χ2v) is 12.9. The second-order valence-electron chi connectivity index (χ2n) is 12.0. The third kappa shape index (κ3) is 7.15. The number of aryl methyl sites for hydroxylation is 1. The topological polar surface area (TPSA) is 126 Å². The molecule has 1 saturated carbocycles. The smallest absolute Gasteiger partial charge is 0.303 e. The molecule has 1 fully saturated rings. The lowest BCUT2D eigenvalue weighted by Crippen LogP contribution is -2.30. The number of carbonyl (C=O) groups excluding carboxylic acids is 1. The van der Waals surface area contributed by atoms with E-state index in [1.54, 1.807) is 28.5 Å². The molecule has 5 rings (SSSR count). The van der Waals surface area contributed by atoms with Crippen LogP contribution in [0.3, 0.4) is 0 Å². The van der Waals surface area contributed by atoms with Crippen LogP contribution in [0.25, 0.3) is 0 Å². The zero-order chi connectivity index (χ0) is 29.9. The first-order valence-corrected chi connectivity index (χ1v) is 15.4. The van der Waals surface area contributed by atoms with Crippen LogP contribution in [0.2, 0.25) is 0 Å². The van der Waals surface area contributed by atoms with Gasteiger partial charge in [0.2, 0.25) is 0 Å². The third-order valence-electron chi connectivity index (χ3n) is 7.47. The van der Waals surface area contributed by atoms with Crippen molar-refractivity contribution in [2.45, 2.75) is 77.2 Å². The summed E-state index contributed by atoms with van der Waals surface area (Å²) in [6, 6.07) is 7.68. The number of thiazole rings is 1. The SMILES string of the molecule is CC(C)(C)c1cc(C(=O)CN2Cc3ccc(C4CC4)nc3C2=N)cc(OCCCc2nccs2)c1OCCCC(=O)O. The summed E-state index contributed by atoms with van der Waals surface area (Å²) in [6.07, 6.45) is 5.97. The van der Waals surface area contributed by atoms with E-state index < -0.39 is 5.97 Å². The van der Waals surface area contributed by atoms with Crippen molar-refractivity contribution in [2.75, 3.05) is 19.8 Å². The maximum absolute atomic E-state index is 13.7. The molecule has 0 spiro atoms. The quantitative estimate of drug-likeness (QED) is 0.173. The molecule has 0 unspecified atom stereocenters. The van der Waals surface area contributed by atoms with E-state index in [0.717, 1.165) is 47.5 Å². The largest absolute Gasteiger partial charge is 0.490 e. The number of pyridine rings is 1. The lowest BCUT2D eigenvalue weighted by molar-refractivity contribution is -0.137. The summed E-state index contributed by atoms with van der Waals surface area (Å²) >= 11 is 1.61. The molecular weight excluding hydrogens is 552 g/mol. The first kappa shape index (κ1) is 29.7. The Morgan fingerprint density at radius 1 is 1.14 bits per heavy atom. The summed E-state index contributed by atoms with van der Waals surface area (Å²) in [4.78, 5) is 35.6. The van der Waals surface area contributed by atoms with Gasteiger partial charge in [0.15, 0.2) is 17.3 Å². The fourth-order valence-corrected chi connectivity index (χ4v) is 5.69. The highest BCUT2D eigenvalue weighted by atomic mass is 32.1. The molecule has 42 heavy (non-hydrogen) atoms. The van der Waals surface area contributed by atoms with Crippen molar-refractivity contribution in [3.63, 3.8) is 0 Å². The molecule has 0 amide bonds. The highest BCUT2D eigenvalue weighted by Gasteiger charge is 2.32. The number of carboxylic acid groups (broad SMARTS) is 1. The van der Waals surface area contributed by atoms with Crippen molar-refractivity contribution in [1.82, 2.24) is 14.9 Å². The number of ketones is 1. The summed E-state index contributed by atoms with van der Waals surface area (Å²) in [5.74, 6) is 0.800. The normalized spacial score (nSPS) is 14.6. The molecule has 0 atom stereocenters. The van der Waals surface area contributed by atoms with Gasteiger partial charge >= 0.3 is 5.97 Å². The maximum atomic E-state index is 13.7. The molecule has 10 heteroatoms. The van der Waals surface area contributed by atoms with Crippen molar-refractivity contribution < 1.29 is 24.2 Å². The lowest BCUT2D eigenvalue weighted by Gasteiger charge is -2.26. The fourth-order valence-electron chi connectivity index (χ4n) is 5.03. The van der Waals surface area contributed by atoms with Gasteiger partial charge in [-0.25, -0.2) is 9.97 Å². The summed E-state index contributed by atoms with van der Waals surface area (Å²) in [5.41, 5.74) is 3.62. The fraction of sp³-hybridized carbons (Fsp3) is 0.469. The van der Waals surface area contributed by atoms with Gasteiger partial charge in [-0.15, -0.1) is 11.3 Å². The van der Waals surface area contributed by atoms with Crippen molar-refractivity contribution in [1.29, 1.82) is 5.41 Å². The van der Waals surface area contributed by atoms with Crippen LogP contribution in [-0.2, 0) is 23.2 Å². The monoisotopic (exact) mass is 590 g/mol. The Bertz CT molecular complexity index is 1460. The number of aromatic nitrogens is 2. The van der Waals surface area contributed by atoms with E-state index in [4.69, 9.17) is 25.0 Å². The molecular formula is C32H38N4O5S. The van der Waals surface area contributed by atoms with E-state index >= 15 is 0 Å². The molecule has 2 N–H and O–H groups in total. The van der Waals surface area contributed by atoms with Crippen LogP contribution >= 0.6 is 11.3 Å². The Balaban J connectivity index is 1.36. The first-order chi connectivity index (χ1) is 20.1. The van der Waals surface area contributed by atoms with Crippen LogP contribution in [0.1, 0.15) is 96.7 Å². The number of carboxylic acids is 1. The van der Waals surface area contributed by atoms with Gasteiger partial charge in [-0.05, 0) is 49.3 Å². The molecule has 1 aliphatic heterocycles. The molecule has 2 aliphatic rings. The van der Waals surface area contributed by atoms with Crippen LogP contribution in [-0.4, -0.2) is 57.3 Å². The van der Waals surface area contributed by atoms with E-state index in [0.29, 0.717) is 48.2 Å². The average molecular weight is 591 g/mol. The average Bonchev–Trinajstić information content (AvgIpc) is 3.58. The van der Waals surface area contributed by atoms with Crippen molar-refractivity contribution in [2.24, 2.45) is 0 Å². The number of aliphatic carboxylic acids is 1. The number of nitrogens with zero attached hydrogens (tertiary/aromatic N) is 3. The molecule has 1 aromatic carbocycles.